The Labute approximate surface area is 168 Å². The zero-order chi connectivity index (χ0) is 20.2. The van der Waals surface area contributed by atoms with Gasteiger partial charge in [-0.3, -0.25) is 14.6 Å². The second-order valence-corrected chi connectivity index (χ2v) is 6.90. The number of aromatic nitrogens is 2. The smallest absolute Gasteiger partial charge is 0.209 e. The Balaban J connectivity index is 1.53. The Morgan fingerprint density at radius 3 is 2.59 bits per heavy atom. The lowest BCUT2D eigenvalue weighted by molar-refractivity contribution is -0.118. The standard InChI is InChI=1S/C24H20N2O3/c1-17(27)16-29-21-10-8-19(9-11-21)24(28)23-7-4-12-26(23)15-18-13-20-5-2-3-6-22(20)25-14-18/h2-14H,15-16H2,1H3. The van der Waals surface area contributed by atoms with Crippen molar-refractivity contribution in [2.75, 3.05) is 6.61 Å². The molecule has 0 bridgehead atoms. The summed E-state index contributed by atoms with van der Waals surface area (Å²) in [7, 11) is 0. The first kappa shape index (κ1) is 18.6. The Morgan fingerprint density at radius 2 is 1.79 bits per heavy atom. The predicted molar refractivity (Wildman–Crippen MR) is 111 cm³/mol. The molecule has 0 radical (unpaired) electrons. The molecule has 0 fully saturated rings. The van der Waals surface area contributed by atoms with Crippen molar-refractivity contribution in [1.82, 2.24) is 9.55 Å². The largest absolute Gasteiger partial charge is 0.486 e. The number of carbonyl (C=O) groups is 2. The normalized spacial score (nSPS) is 10.8. The van der Waals surface area contributed by atoms with Crippen LogP contribution in [-0.4, -0.2) is 27.7 Å². The highest BCUT2D eigenvalue weighted by Gasteiger charge is 2.14. The summed E-state index contributed by atoms with van der Waals surface area (Å²) in [4.78, 5) is 28.5. The Bertz CT molecular complexity index is 1180. The van der Waals surface area contributed by atoms with Crippen molar-refractivity contribution in [3.8, 4) is 5.75 Å². The van der Waals surface area contributed by atoms with E-state index in [1.165, 1.54) is 6.92 Å². The van der Waals surface area contributed by atoms with Gasteiger partial charge in [0.1, 0.15) is 12.4 Å². The third-order valence-corrected chi connectivity index (χ3v) is 4.62. The highest BCUT2D eigenvalue weighted by molar-refractivity contribution is 6.08. The number of nitrogens with zero attached hydrogens (tertiary/aromatic N) is 2. The molecule has 0 aliphatic heterocycles. The molecule has 5 nitrogen and oxygen atoms in total. The van der Waals surface area contributed by atoms with Gasteiger partial charge in [0.25, 0.3) is 0 Å². The number of rotatable bonds is 7. The molecule has 29 heavy (non-hydrogen) atoms. The molecule has 5 heteroatoms. The van der Waals surface area contributed by atoms with Crippen molar-refractivity contribution < 1.29 is 14.3 Å². The van der Waals surface area contributed by atoms with E-state index < -0.39 is 0 Å². The summed E-state index contributed by atoms with van der Waals surface area (Å²) in [5.74, 6) is 0.447. The lowest BCUT2D eigenvalue weighted by atomic mass is 10.1. The number of benzene rings is 2. The number of pyridine rings is 1. The van der Waals surface area contributed by atoms with Crippen molar-refractivity contribution in [3.05, 3.63) is 95.9 Å². The molecule has 0 amide bonds. The van der Waals surface area contributed by atoms with Gasteiger partial charge in [-0.2, -0.15) is 0 Å². The van der Waals surface area contributed by atoms with E-state index in [9.17, 15) is 9.59 Å². The maximum absolute atomic E-state index is 13.0. The van der Waals surface area contributed by atoms with E-state index in [-0.39, 0.29) is 18.2 Å². The second kappa shape index (κ2) is 8.10. The monoisotopic (exact) mass is 384 g/mol. The van der Waals surface area contributed by atoms with Gasteiger partial charge in [-0.25, -0.2) is 0 Å². The minimum absolute atomic E-state index is 0.0237. The molecule has 144 valence electrons. The van der Waals surface area contributed by atoms with Gasteiger partial charge in [0.15, 0.2) is 5.78 Å². The summed E-state index contributed by atoms with van der Waals surface area (Å²) in [5, 5.41) is 1.08. The first-order valence-electron chi connectivity index (χ1n) is 9.36. The van der Waals surface area contributed by atoms with Crippen LogP contribution in [0.2, 0.25) is 0 Å². The first-order chi connectivity index (χ1) is 14.1. The molecule has 4 aromatic rings. The van der Waals surface area contributed by atoms with Crippen LogP contribution >= 0.6 is 0 Å². The van der Waals surface area contributed by atoms with Crippen LogP contribution in [0.3, 0.4) is 0 Å². The van der Waals surface area contributed by atoms with E-state index in [0.29, 0.717) is 23.6 Å². The minimum atomic E-state index is -0.0677. The summed E-state index contributed by atoms with van der Waals surface area (Å²) in [5.41, 5.74) is 3.15. The van der Waals surface area contributed by atoms with E-state index in [1.807, 2.05) is 53.4 Å². The molecular weight excluding hydrogens is 364 g/mol. The van der Waals surface area contributed by atoms with Crippen LogP contribution in [0, 0.1) is 0 Å². The van der Waals surface area contributed by atoms with Gasteiger partial charge in [-0.05, 0) is 61.0 Å². The Hall–Kier alpha value is -3.73. The second-order valence-electron chi connectivity index (χ2n) is 6.90. The molecule has 4 rings (SSSR count). The lowest BCUT2D eigenvalue weighted by Gasteiger charge is -2.10. The number of hydrogen-bond acceptors (Lipinski definition) is 4. The van der Waals surface area contributed by atoms with Crippen LogP contribution in [0.25, 0.3) is 10.9 Å². The average Bonchev–Trinajstić information content (AvgIpc) is 3.20. The van der Waals surface area contributed by atoms with Gasteiger partial charge in [-0.1, -0.05) is 18.2 Å². The molecule has 2 aromatic heterocycles. The van der Waals surface area contributed by atoms with Crippen molar-refractivity contribution in [2.24, 2.45) is 0 Å². The molecule has 0 saturated carbocycles. The van der Waals surface area contributed by atoms with Crippen LogP contribution in [0.1, 0.15) is 28.5 Å². The number of ether oxygens (including phenoxy) is 1. The average molecular weight is 384 g/mol. The van der Waals surface area contributed by atoms with Crippen LogP contribution < -0.4 is 4.74 Å². The van der Waals surface area contributed by atoms with Crippen LogP contribution in [-0.2, 0) is 11.3 Å². The minimum Gasteiger partial charge on any atom is -0.486 e. The summed E-state index contributed by atoms with van der Waals surface area (Å²) >= 11 is 0. The number of Topliss-reactive ketones (excluding diaryl/α,β-unsaturated/α-hetero) is 1. The van der Waals surface area contributed by atoms with Gasteiger partial charge < -0.3 is 9.30 Å². The highest BCUT2D eigenvalue weighted by atomic mass is 16.5. The number of hydrogen-bond donors (Lipinski definition) is 0. The molecular formula is C24H20N2O3. The molecule has 0 aliphatic carbocycles. The quantitative estimate of drug-likeness (QED) is 0.446. The maximum Gasteiger partial charge on any atom is 0.209 e. The zero-order valence-corrected chi connectivity index (χ0v) is 16.0. The molecule has 0 atom stereocenters. The fraction of sp³-hybridized carbons (Fsp3) is 0.125. The molecule has 0 aliphatic rings. The fourth-order valence-electron chi connectivity index (χ4n) is 3.19. The van der Waals surface area contributed by atoms with Crippen LogP contribution in [0.15, 0.2) is 79.1 Å². The number of ketones is 2. The van der Waals surface area contributed by atoms with Gasteiger partial charge in [0.05, 0.1) is 11.2 Å². The maximum atomic E-state index is 13.0. The van der Waals surface area contributed by atoms with E-state index in [0.717, 1.165) is 16.5 Å². The third kappa shape index (κ3) is 4.24. The molecule has 2 heterocycles. The number of carbonyl (C=O) groups excluding carboxylic acids is 2. The lowest BCUT2D eigenvalue weighted by Crippen LogP contribution is -2.11. The topological polar surface area (TPSA) is 61.2 Å². The summed E-state index contributed by atoms with van der Waals surface area (Å²) in [6, 6.07) is 20.6. The van der Waals surface area contributed by atoms with Crippen molar-refractivity contribution >= 4 is 22.5 Å². The fourth-order valence-corrected chi connectivity index (χ4v) is 3.19. The van der Waals surface area contributed by atoms with Crippen LogP contribution in [0.4, 0.5) is 0 Å². The van der Waals surface area contributed by atoms with Crippen LogP contribution in [0.5, 0.6) is 5.75 Å². The van der Waals surface area contributed by atoms with Gasteiger partial charge in [-0.15, -0.1) is 0 Å². The van der Waals surface area contributed by atoms with E-state index >= 15 is 0 Å². The Kier molecular flexibility index (Phi) is 5.20. The van der Waals surface area contributed by atoms with Crippen molar-refractivity contribution in [3.63, 3.8) is 0 Å². The predicted octanol–water partition coefficient (Wildman–Crippen LogP) is 4.28. The van der Waals surface area contributed by atoms with Gasteiger partial charge >= 0.3 is 0 Å². The Morgan fingerprint density at radius 1 is 1.00 bits per heavy atom. The van der Waals surface area contributed by atoms with Gasteiger partial charge in [0.2, 0.25) is 5.78 Å². The first-order valence-corrected chi connectivity index (χ1v) is 9.36. The van der Waals surface area contributed by atoms with Crippen molar-refractivity contribution in [2.45, 2.75) is 13.5 Å². The van der Waals surface area contributed by atoms with Gasteiger partial charge in [0, 0.05) is 29.9 Å². The molecule has 0 spiro atoms. The highest BCUT2D eigenvalue weighted by Crippen LogP contribution is 2.18. The SMILES string of the molecule is CC(=O)COc1ccc(C(=O)c2cccn2Cc2cnc3ccccc3c2)cc1. The summed E-state index contributed by atoms with van der Waals surface area (Å²) in [6.45, 7) is 2.05. The summed E-state index contributed by atoms with van der Waals surface area (Å²) in [6.07, 6.45) is 3.74. The van der Waals surface area contributed by atoms with E-state index in [2.05, 4.69) is 11.1 Å². The van der Waals surface area contributed by atoms with E-state index in [4.69, 9.17) is 4.74 Å². The number of fused-ring (bicyclic) bond motifs is 1. The summed E-state index contributed by atoms with van der Waals surface area (Å²) < 4.78 is 7.28. The molecule has 0 saturated heterocycles. The van der Waals surface area contributed by atoms with E-state index in [1.54, 1.807) is 24.3 Å². The zero-order valence-electron chi connectivity index (χ0n) is 16.0. The number of para-hydroxylation sites is 1. The van der Waals surface area contributed by atoms with Crippen molar-refractivity contribution in [1.29, 1.82) is 0 Å². The third-order valence-electron chi connectivity index (χ3n) is 4.62. The molecule has 0 unspecified atom stereocenters. The molecule has 0 N–H and O–H groups in total. The molecule has 2 aromatic carbocycles.